The first-order valence-electron chi connectivity index (χ1n) is 11.6. The van der Waals surface area contributed by atoms with Crippen LogP contribution in [0, 0.1) is 11.7 Å². The number of hydrogen-bond donors (Lipinski definition) is 1. The number of imidazole rings is 1. The van der Waals surface area contributed by atoms with Crippen LogP contribution < -0.4 is 5.32 Å². The number of nitrogens with one attached hydrogen (secondary N) is 1. The van der Waals surface area contributed by atoms with Gasteiger partial charge < -0.3 is 19.5 Å². The Balaban J connectivity index is 1.16. The summed E-state index contributed by atoms with van der Waals surface area (Å²) in [5, 5.41) is 2.83. The minimum absolute atomic E-state index is 0.0653. The van der Waals surface area contributed by atoms with Crippen molar-refractivity contribution in [2.24, 2.45) is 5.92 Å². The fraction of sp³-hybridized carbons (Fsp3) is 0.346. The number of carbonyl (C=O) groups excluding carboxylic acids is 2. The van der Waals surface area contributed by atoms with Gasteiger partial charge in [-0.05, 0) is 24.5 Å². The van der Waals surface area contributed by atoms with Crippen LogP contribution in [0.2, 0.25) is 0 Å². The molecule has 0 unspecified atom stereocenters. The Labute approximate surface area is 197 Å². The Hall–Kier alpha value is -3.52. The zero-order valence-corrected chi connectivity index (χ0v) is 18.8. The number of fused-ring (bicyclic) bond motifs is 1. The fourth-order valence-corrected chi connectivity index (χ4v) is 4.64. The van der Waals surface area contributed by atoms with Crippen molar-refractivity contribution in [1.29, 1.82) is 0 Å². The molecule has 1 aromatic heterocycles. The SMILES string of the molecule is O=C(NCc1ccccc1F)C1CCN(C(=O)c2ncn3c2CO[C@@H](c2ccccc2)C3)CC1. The summed E-state index contributed by atoms with van der Waals surface area (Å²) in [6, 6.07) is 16.4. The summed E-state index contributed by atoms with van der Waals surface area (Å²) in [5.41, 5.74) is 2.78. The molecule has 2 aliphatic heterocycles. The van der Waals surface area contributed by atoms with Gasteiger partial charge in [-0.25, -0.2) is 9.37 Å². The van der Waals surface area contributed by atoms with E-state index in [-0.39, 0.29) is 36.2 Å². The van der Waals surface area contributed by atoms with Crippen LogP contribution in [0.5, 0.6) is 0 Å². The second-order valence-corrected chi connectivity index (χ2v) is 8.78. The van der Waals surface area contributed by atoms with E-state index in [2.05, 4.69) is 10.3 Å². The Kier molecular flexibility index (Phi) is 6.40. The van der Waals surface area contributed by atoms with Gasteiger partial charge in [-0.15, -0.1) is 0 Å². The van der Waals surface area contributed by atoms with Crippen molar-refractivity contribution < 1.29 is 18.7 Å². The summed E-state index contributed by atoms with van der Waals surface area (Å²) in [5.74, 6) is -0.747. The van der Waals surface area contributed by atoms with Crippen molar-refractivity contribution in [2.75, 3.05) is 13.1 Å². The third kappa shape index (κ3) is 4.59. The largest absolute Gasteiger partial charge is 0.365 e. The van der Waals surface area contributed by atoms with Gasteiger partial charge in [0.15, 0.2) is 5.69 Å². The van der Waals surface area contributed by atoms with Gasteiger partial charge in [0.05, 0.1) is 25.2 Å². The third-order valence-electron chi connectivity index (χ3n) is 6.67. The molecule has 1 saturated heterocycles. The lowest BCUT2D eigenvalue weighted by molar-refractivity contribution is -0.126. The molecule has 8 heteroatoms. The van der Waals surface area contributed by atoms with E-state index < -0.39 is 0 Å². The van der Waals surface area contributed by atoms with Crippen molar-refractivity contribution >= 4 is 11.8 Å². The molecule has 0 saturated carbocycles. The predicted octanol–water partition coefficient (Wildman–Crippen LogP) is 3.46. The maximum atomic E-state index is 13.8. The van der Waals surface area contributed by atoms with Crippen molar-refractivity contribution in [2.45, 2.75) is 38.6 Å². The Bertz CT molecular complexity index is 1170. The molecule has 1 atom stereocenters. The first-order valence-corrected chi connectivity index (χ1v) is 11.6. The van der Waals surface area contributed by atoms with Gasteiger partial charge in [0.25, 0.3) is 5.91 Å². The molecule has 2 aliphatic rings. The second kappa shape index (κ2) is 9.77. The van der Waals surface area contributed by atoms with E-state index >= 15 is 0 Å². The number of halogens is 1. The summed E-state index contributed by atoms with van der Waals surface area (Å²) in [4.78, 5) is 31.9. The number of amides is 2. The lowest BCUT2D eigenvalue weighted by Crippen LogP contribution is -2.43. The molecule has 2 amide bonds. The molecule has 1 fully saturated rings. The zero-order valence-electron chi connectivity index (χ0n) is 18.8. The molecule has 2 aromatic carbocycles. The summed E-state index contributed by atoms with van der Waals surface area (Å²) in [7, 11) is 0. The normalized spacial score (nSPS) is 18.4. The number of benzene rings is 2. The number of likely N-dealkylation sites (tertiary alicyclic amines) is 1. The van der Waals surface area contributed by atoms with Crippen LogP contribution in [0.4, 0.5) is 4.39 Å². The van der Waals surface area contributed by atoms with Gasteiger partial charge in [0.1, 0.15) is 11.9 Å². The number of piperidine rings is 1. The van der Waals surface area contributed by atoms with Gasteiger partial charge in [0.2, 0.25) is 5.91 Å². The Morgan fingerprint density at radius 2 is 1.79 bits per heavy atom. The number of rotatable bonds is 5. The monoisotopic (exact) mass is 462 g/mol. The number of ether oxygens (including phenoxy) is 1. The van der Waals surface area contributed by atoms with Crippen molar-refractivity contribution in [3.8, 4) is 0 Å². The topological polar surface area (TPSA) is 76.5 Å². The molecule has 0 radical (unpaired) electrons. The molecular weight excluding hydrogens is 435 g/mol. The smallest absolute Gasteiger partial charge is 0.274 e. The lowest BCUT2D eigenvalue weighted by Gasteiger charge is -2.31. The minimum Gasteiger partial charge on any atom is -0.365 e. The fourth-order valence-electron chi connectivity index (χ4n) is 4.64. The summed E-state index contributed by atoms with van der Waals surface area (Å²) >= 11 is 0. The number of nitrogens with zero attached hydrogens (tertiary/aromatic N) is 3. The van der Waals surface area contributed by atoms with Crippen LogP contribution in [-0.2, 0) is 29.2 Å². The van der Waals surface area contributed by atoms with Gasteiger partial charge in [-0.3, -0.25) is 9.59 Å². The third-order valence-corrected chi connectivity index (χ3v) is 6.67. The highest BCUT2D eigenvalue weighted by atomic mass is 19.1. The predicted molar refractivity (Wildman–Crippen MR) is 123 cm³/mol. The highest BCUT2D eigenvalue weighted by Crippen LogP contribution is 2.28. The summed E-state index contributed by atoms with van der Waals surface area (Å²) in [6.45, 7) is 2.07. The van der Waals surface area contributed by atoms with Crippen molar-refractivity contribution in [3.63, 3.8) is 0 Å². The number of hydrogen-bond acceptors (Lipinski definition) is 4. The van der Waals surface area contributed by atoms with Crippen LogP contribution in [0.25, 0.3) is 0 Å². The number of carbonyl (C=O) groups is 2. The Morgan fingerprint density at radius 1 is 1.06 bits per heavy atom. The van der Waals surface area contributed by atoms with Gasteiger partial charge in [-0.2, -0.15) is 0 Å². The van der Waals surface area contributed by atoms with E-state index in [4.69, 9.17) is 4.74 Å². The molecule has 0 spiro atoms. The molecule has 5 rings (SSSR count). The van der Waals surface area contributed by atoms with Gasteiger partial charge in [0, 0.05) is 31.1 Å². The van der Waals surface area contributed by atoms with Crippen LogP contribution in [0.3, 0.4) is 0 Å². The van der Waals surface area contributed by atoms with Gasteiger partial charge >= 0.3 is 0 Å². The standard InChI is InChI=1S/C26H27FN4O3/c27-21-9-5-4-8-20(21)14-28-25(32)19-10-12-30(13-11-19)26(33)24-22-16-34-23(15-31(22)17-29-24)18-6-2-1-3-7-18/h1-9,17,19,23H,10-16H2,(H,28,32)/t23-/m1/s1. The van der Waals surface area contributed by atoms with Gasteiger partial charge in [-0.1, -0.05) is 48.5 Å². The van der Waals surface area contributed by atoms with Crippen molar-refractivity contribution in [1.82, 2.24) is 19.8 Å². The molecular formula is C26H27FN4O3. The highest BCUT2D eigenvalue weighted by Gasteiger charge is 2.32. The molecule has 0 bridgehead atoms. The van der Waals surface area contributed by atoms with E-state index in [9.17, 15) is 14.0 Å². The minimum atomic E-state index is -0.328. The molecule has 7 nitrogen and oxygen atoms in total. The van der Waals surface area contributed by atoms with Crippen LogP contribution in [-0.4, -0.2) is 39.4 Å². The van der Waals surface area contributed by atoms with E-state index in [1.807, 2.05) is 34.9 Å². The zero-order chi connectivity index (χ0) is 23.5. The molecule has 176 valence electrons. The molecule has 34 heavy (non-hydrogen) atoms. The summed E-state index contributed by atoms with van der Waals surface area (Å²) in [6.07, 6.45) is 2.78. The average Bonchev–Trinajstić information content (AvgIpc) is 3.31. The van der Waals surface area contributed by atoms with Crippen molar-refractivity contribution in [3.05, 3.63) is 89.3 Å². The van der Waals surface area contributed by atoms with Crippen LogP contribution in [0.15, 0.2) is 60.9 Å². The maximum Gasteiger partial charge on any atom is 0.274 e. The van der Waals surface area contributed by atoms with E-state index in [1.54, 1.807) is 29.4 Å². The van der Waals surface area contributed by atoms with Crippen LogP contribution >= 0.6 is 0 Å². The lowest BCUT2D eigenvalue weighted by atomic mass is 9.95. The first-order chi connectivity index (χ1) is 16.6. The quantitative estimate of drug-likeness (QED) is 0.630. The average molecular weight is 463 g/mol. The Morgan fingerprint density at radius 3 is 2.56 bits per heavy atom. The number of aromatic nitrogens is 2. The van der Waals surface area contributed by atoms with E-state index in [0.29, 0.717) is 50.3 Å². The second-order valence-electron chi connectivity index (χ2n) is 8.78. The van der Waals surface area contributed by atoms with E-state index in [1.165, 1.54) is 6.07 Å². The molecule has 1 N–H and O–H groups in total. The maximum absolute atomic E-state index is 13.8. The highest BCUT2D eigenvalue weighted by molar-refractivity contribution is 5.93. The summed E-state index contributed by atoms with van der Waals surface area (Å²) < 4.78 is 21.8. The molecule has 3 heterocycles. The first kappa shape index (κ1) is 22.3. The van der Waals surface area contributed by atoms with E-state index in [0.717, 1.165) is 11.3 Å². The van der Waals surface area contributed by atoms with Crippen LogP contribution in [0.1, 0.15) is 46.3 Å². The molecule has 0 aliphatic carbocycles. The molecule has 3 aromatic rings.